The molecule has 0 aromatic rings. The lowest BCUT2D eigenvalue weighted by atomic mass is 10.1. The maximum Gasteiger partial charge on any atom is 0.331 e. The first-order valence-electron chi connectivity index (χ1n) is 3.23. The first-order chi connectivity index (χ1) is 5.49. The van der Waals surface area contributed by atoms with E-state index in [1.807, 2.05) is 0 Å². The molecule has 68 valence electrons. The van der Waals surface area contributed by atoms with Crippen molar-refractivity contribution >= 4 is 11.8 Å². The van der Waals surface area contributed by atoms with Crippen molar-refractivity contribution in [3.8, 4) is 0 Å². The Labute approximate surface area is 68.9 Å². The fraction of sp³-hybridized carbons (Fsp3) is 0.429. The van der Waals surface area contributed by atoms with Crippen LogP contribution in [0.3, 0.4) is 0 Å². The predicted molar refractivity (Wildman–Crippen MR) is 39.5 cm³/mol. The van der Waals surface area contributed by atoms with Crippen LogP contribution in [0.1, 0.15) is 6.92 Å². The minimum absolute atomic E-state index is 0.174. The van der Waals surface area contributed by atoms with E-state index in [4.69, 9.17) is 15.3 Å². The number of hydrogen-bond acceptors (Lipinski definition) is 4. The third-order valence-corrected chi connectivity index (χ3v) is 1.20. The van der Waals surface area contributed by atoms with Gasteiger partial charge in [0.2, 0.25) is 0 Å². The van der Waals surface area contributed by atoms with Crippen molar-refractivity contribution in [2.75, 3.05) is 6.61 Å². The number of carbonyl (C=O) groups is 2. The molecule has 0 rings (SSSR count). The van der Waals surface area contributed by atoms with Crippen LogP contribution in [0, 0.1) is 0 Å². The molecule has 5 nitrogen and oxygen atoms in total. The van der Waals surface area contributed by atoms with E-state index < -0.39 is 24.5 Å². The highest BCUT2D eigenvalue weighted by atomic mass is 16.4. The second-order valence-electron chi connectivity index (χ2n) is 2.23. The Kier molecular flexibility index (Phi) is 4.17. The van der Waals surface area contributed by atoms with E-state index in [1.54, 1.807) is 0 Å². The average molecular weight is 174 g/mol. The van der Waals surface area contributed by atoms with Gasteiger partial charge in [0.05, 0.1) is 6.61 Å². The molecular weight excluding hydrogens is 164 g/mol. The monoisotopic (exact) mass is 174 g/mol. The van der Waals surface area contributed by atoms with Crippen molar-refractivity contribution in [1.82, 2.24) is 0 Å². The summed E-state index contributed by atoms with van der Waals surface area (Å²) in [5.74, 6) is -2.04. The third-order valence-electron chi connectivity index (χ3n) is 1.20. The zero-order valence-corrected chi connectivity index (χ0v) is 6.52. The summed E-state index contributed by atoms with van der Waals surface area (Å²) in [6.45, 7) is 0.520. The normalized spacial score (nSPS) is 14.1. The first kappa shape index (κ1) is 10.8. The Hall–Kier alpha value is -1.20. The molecule has 12 heavy (non-hydrogen) atoms. The summed E-state index contributed by atoms with van der Waals surface area (Å²) in [5, 5.41) is 25.3. The molecule has 0 aliphatic rings. The van der Waals surface area contributed by atoms with Gasteiger partial charge in [0.15, 0.2) is 5.78 Å². The van der Waals surface area contributed by atoms with Crippen LogP contribution in [-0.4, -0.2) is 39.8 Å². The summed E-state index contributed by atoms with van der Waals surface area (Å²) < 4.78 is 0. The van der Waals surface area contributed by atoms with Crippen molar-refractivity contribution in [2.45, 2.75) is 13.0 Å². The summed E-state index contributed by atoms with van der Waals surface area (Å²) >= 11 is 0. The molecule has 5 heteroatoms. The minimum Gasteiger partial charge on any atom is -0.478 e. The van der Waals surface area contributed by atoms with Crippen LogP contribution in [0.15, 0.2) is 11.6 Å². The molecule has 1 atom stereocenters. The van der Waals surface area contributed by atoms with Crippen molar-refractivity contribution in [3.05, 3.63) is 11.6 Å². The molecule has 0 saturated heterocycles. The molecule has 0 aromatic carbocycles. The largest absolute Gasteiger partial charge is 0.478 e. The molecule has 0 aliphatic carbocycles. The summed E-state index contributed by atoms with van der Waals surface area (Å²) in [6, 6.07) is 0. The summed E-state index contributed by atoms with van der Waals surface area (Å²) in [7, 11) is 0. The molecule has 0 aliphatic heterocycles. The lowest BCUT2D eigenvalue weighted by Gasteiger charge is -2.00. The van der Waals surface area contributed by atoms with Crippen LogP contribution < -0.4 is 0 Å². The van der Waals surface area contributed by atoms with E-state index in [0.717, 1.165) is 6.08 Å². The van der Waals surface area contributed by atoms with Gasteiger partial charge in [-0.15, -0.1) is 0 Å². The summed E-state index contributed by atoms with van der Waals surface area (Å²) in [5.41, 5.74) is -0.174. The number of carboxylic acids is 1. The fourth-order valence-electron chi connectivity index (χ4n) is 0.461. The highest BCUT2D eigenvalue weighted by molar-refractivity contribution is 6.00. The zero-order chi connectivity index (χ0) is 9.72. The number of hydrogen-bond donors (Lipinski definition) is 3. The quantitative estimate of drug-likeness (QED) is 0.472. The highest BCUT2D eigenvalue weighted by Gasteiger charge is 2.12. The Balaban J connectivity index is 4.34. The van der Waals surface area contributed by atoms with Crippen LogP contribution in [0.4, 0.5) is 0 Å². The van der Waals surface area contributed by atoms with Crippen molar-refractivity contribution in [1.29, 1.82) is 0 Å². The maximum absolute atomic E-state index is 10.7. The molecule has 0 fully saturated rings. The van der Waals surface area contributed by atoms with E-state index in [1.165, 1.54) is 6.92 Å². The molecule has 0 spiro atoms. The van der Waals surface area contributed by atoms with E-state index in [0.29, 0.717) is 0 Å². The minimum atomic E-state index is -1.53. The Morgan fingerprint density at radius 3 is 2.33 bits per heavy atom. The fourth-order valence-corrected chi connectivity index (χ4v) is 0.461. The molecule has 3 N–H and O–H groups in total. The van der Waals surface area contributed by atoms with Gasteiger partial charge in [0.25, 0.3) is 0 Å². The van der Waals surface area contributed by atoms with Gasteiger partial charge in [0, 0.05) is 5.57 Å². The Morgan fingerprint density at radius 2 is 2.00 bits per heavy atom. The van der Waals surface area contributed by atoms with Gasteiger partial charge in [-0.3, -0.25) is 4.79 Å². The third kappa shape index (κ3) is 3.27. The van der Waals surface area contributed by atoms with Gasteiger partial charge in [-0.05, 0) is 13.0 Å². The van der Waals surface area contributed by atoms with E-state index in [2.05, 4.69) is 0 Å². The maximum atomic E-state index is 10.7. The van der Waals surface area contributed by atoms with Crippen LogP contribution in [0.5, 0.6) is 0 Å². The van der Waals surface area contributed by atoms with Crippen LogP contribution in [-0.2, 0) is 9.59 Å². The zero-order valence-electron chi connectivity index (χ0n) is 6.52. The van der Waals surface area contributed by atoms with Crippen molar-refractivity contribution < 1.29 is 24.9 Å². The first-order valence-corrected chi connectivity index (χ1v) is 3.23. The summed E-state index contributed by atoms with van der Waals surface area (Å²) in [4.78, 5) is 20.9. The van der Waals surface area contributed by atoms with Gasteiger partial charge in [0.1, 0.15) is 6.10 Å². The van der Waals surface area contributed by atoms with Gasteiger partial charge >= 0.3 is 5.97 Å². The number of carbonyl (C=O) groups excluding carboxylic acids is 1. The van der Waals surface area contributed by atoms with E-state index >= 15 is 0 Å². The predicted octanol–water partition coefficient (Wildman–Crippen LogP) is -1.06. The van der Waals surface area contributed by atoms with Crippen LogP contribution in [0.25, 0.3) is 0 Å². The second-order valence-corrected chi connectivity index (χ2v) is 2.23. The van der Waals surface area contributed by atoms with Gasteiger partial charge in [-0.2, -0.15) is 0 Å². The van der Waals surface area contributed by atoms with Crippen LogP contribution in [0.2, 0.25) is 0 Å². The summed E-state index contributed by atoms with van der Waals surface area (Å²) in [6.07, 6.45) is -0.747. The SMILES string of the molecule is CC(=CC(=O)C(O)CO)C(=O)O. The smallest absolute Gasteiger partial charge is 0.331 e. The standard InChI is InChI=1S/C7H10O5/c1-4(7(11)12)2-5(9)6(10)3-8/h2,6,8,10H,3H2,1H3,(H,11,12). The molecule has 0 amide bonds. The lowest BCUT2D eigenvalue weighted by Crippen LogP contribution is -2.22. The number of ketones is 1. The van der Waals surface area contributed by atoms with E-state index in [9.17, 15) is 9.59 Å². The average Bonchev–Trinajstić information content (AvgIpc) is 2.02. The van der Waals surface area contributed by atoms with Crippen molar-refractivity contribution in [2.24, 2.45) is 0 Å². The number of aliphatic carboxylic acids is 1. The van der Waals surface area contributed by atoms with Crippen LogP contribution >= 0.6 is 0 Å². The Bertz CT molecular complexity index is 218. The number of carboxylic acid groups (broad SMARTS) is 1. The van der Waals surface area contributed by atoms with E-state index in [-0.39, 0.29) is 5.57 Å². The molecule has 0 aromatic heterocycles. The molecule has 0 heterocycles. The molecular formula is C7H10O5. The highest BCUT2D eigenvalue weighted by Crippen LogP contribution is 1.95. The number of aliphatic hydroxyl groups excluding tert-OH is 2. The topological polar surface area (TPSA) is 94.8 Å². The lowest BCUT2D eigenvalue weighted by molar-refractivity contribution is -0.133. The number of aliphatic hydroxyl groups is 2. The van der Waals surface area contributed by atoms with Gasteiger partial charge in [-0.1, -0.05) is 0 Å². The molecule has 1 unspecified atom stereocenters. The molecule has 0 radical (unpaired) electrons. The van der Waals surface area contributed by atoms with Crippen molar-refractivity contribution in [3.63, 3.8) is 0 Å². The van der Waals surface area contributed by atoms with Gasteiger partial charge in [-0.25, -0.2) is 4.79 Å². The number of rotatable bonds is 4. The van der Waals surface area contributed by atoms with Gasteiger partial charge < -0.3 is 15.3 Å². The second kappa shape index (κ2) is 4.63. The Morgan fingerprint density at radius 1 is 1.50 bits per heavy atom. The molecule has 0 bridgehead atoms. The molecule has 0 saturated carbocycles.